The first kappa shape index (κ1) is 27.4. The minimum Gasteiger partial charge on any atom is -0.511 e. The summed E-state index contributed by atoms with van der Waals surface area (Å²) in [6.45, 7) is 10.2. The number of aliphatic hydroxyl groups is 3. The monoisotopic (exact) mass is 524 g/mol. The highest BCUT2D eigenvalue weighted by Crippen LogP contribution is 2.65. The van der Waals surface area contributed by atoms with Crippen LogP contribution in [0.3, 0.4) is 0 Å². The first-order valence-electron chi connectivity index (χ1n) is 12.5. The number of allylic oxidation sites excluding steroid dienone is 2. The molecule has 0 spiro atoms. The number of ketones is 5. The van der Waals surface area contributed by atoms with Crippen LogP contribution in [0.2, 0.25) is 0 Å². The standard InChI is InChI=1S/C29H32O9/c1-11(2)20-23(34)18(14(5)32)25(36)29(38)26(37)21-24(35)19-17(9-27(21,6)10-28(20,29)7)15(12(3)30)8-16(13(4)31)22(19)33/h8,11,20,33-34,37-38H,9-10H2,1-7H3/t20?,27-,28-,29+/m1/s1. The summed E-state index contributed by atoms with van der Waals surface area (Å²) in [6.07, 6.45) is -0.125. The lowest BCUT2D eigenvalue weighted by Crippen LogP contribution is -2.67. The predicted molar refractivity (Wildman–Crippen MR) is 135 cm³/mol. The lowest BCUT2D eigenvalue weighted by atomic mass is 9.44. The van der Waals surface area contributed by atoms with E-state index in [1.165, 1.54) is 26.8 Å². The molecule has 0 heterocycles. The molecule has 0 bridgehead atoms. The number of benzene rings is 1. The molecule has 0 saturated heterocycles. The molecule has 202 valence electrons. The smallest absolute Gasteiger partial charge is 0.209 e. The van der Waals surface area contributed by atoms with E-state index >= 15 is 0 Å². The van der Waals surface area contributed by atoms with Crippen molar-refractivity contribution in [1.29, 1.82) is 0 Å². The van der Waals surface area contributed by atoms with Gasteiger partial charge in [-0.25, -0.2) is 0 Å². The lowest BCUT2D eigenvalue weighted by Gasteiger charge is -2.59. The number of rotatable bonds is 4. The Bertz CT molecular complexity index is 1440. The largest absolute Gasteiger partial charge is 0.511 e. The Kier molecular flexibility index (Phi) is 5.92. The first-order valence-corrected chi connectivity index (χ1v) is 12.5. The van der Waals surface area contributed by atoms with E-state index in [-0.39, 0.29) is 40.7 Å². The number of aromatic hydroxyl groups is 1. The second-order valence-corrected chi connectivity index (χ2v) is 11.7. The molecule has 4 rings (SSSR count). The summed E-state index contributed by atoms with van der Waals surface area (Å²) in [5, 5.41) is 45.7. The topological polar surface area (TPSA) is 166 Å². The molecule has 0 saturated carbocycles. The third kappa shape index (κ3) is 3.17. The summed E-state index contributed by atoms with van der Waals surface area (Å²) in [5.74, 6) is -7.37. The van der Waals surface area contributed by atoms with Crippen LogP contribution in [0.25, 0.3) is 0 Å². The van der Waals surface area contributed by atoms with Crippen LogP contribution in [0.4, 0.5) is 0 Å². The van der Waals surface area contributed by atoms with Gasteiger partial charge in [0.1, 0.15) is 22.8 Å². The molecule has 3 aliphatic carbocycles. The average Bonchev–Trinajstić information content (AvgIpc) is 2.75. The third-order valence-corrected chi connectivity index (χ3v) is 8.77. The summed E-state index contributed by atoms with van der Waals surface area (Å²) in [6, 6.07) is 1.25. The molecule has 1 aromatic rings. The number of aliphatic hydroxyl groups excluding tert-OH is 2. The molecule has 4 N–H and O–H groups in total. The van der Waals surface area contributed by atoms with Crippen LogP contribution in [0.1, 0.15) is 91.5 Å². The minimum atomic E-state index is -2.73. The number of Topliss-reactive ketones (excluding diaryl/α,β-unsaturated/α-hetero) is 5. The summed E-state index contributed by atoms with van der Waals surface area (Å²) >= 11 is 0. The van der Waals surface area contributed by atoms with Gasteiger partial charge in [-0.2, -0.15) is 0 Å². The molecule has 0 fully saturated rings. The molecule has 3 aliphatic rings. The van der Waals surface area contributed by atoms with Crippen LogP contribution in [0.15, 0.2) is 28.7 Å². The quantitative estimate of drug-likeness (QED) is 0.339. The van der Waals surface area contributed by atoms with Crippen molar-refractivity contribution >= 4 is 28.9 Å². The van der Waals surface area contributed by atoms with Crippen LogP contribution >= 0.6 is 0 Å². The maximum atomic E-state index is 14.0. The van der Waals surface area contributed by atoms with Gasteiger partial charge in [-0.05, 0) is 51.2 Å². The van der Waals surface area contributed by atoms with Gasteiger partial charge >= 0.3 is 0 Å². The fourth-order valence-corrected chi connectivity index (χ4v) is 7.38. The highest BCUT2D eigenvalue weighted by molar-refractivity contribution is 6.25. The van der Waals surface area contributed by atoms with Crippen LogP contribution in [0.5, 0.6) is 5.75 Å². The van der Waals surface area contributed by atoms with Crippen LogP contribution in [-0.4, -0.2) is 54.9 Å². The number of carbonyl (C=O) groups excluding carboxylic acids is 5. The molecular weight excluding hydrogens is 492 g/mol. The van der Waals surface area contributed by atoms with Crippen LogP contribution < -0.4 is 0 Å². The zero-order valence-corrected chi connectivity index (χ0v) is 22.5. The van der Waals surface area contributed by atoms with Crippen molar-refractivity contribution in [2.24, 2.45) is 22.7 Å². The Hall–Kier alpha value is -3.59. The average molecular weight is 525 g/mol. The van der Waals surface area contributed by atoms with Gasteiger partial charge in [0.15, 0.2) is 28.7 Å². The first-order chi connectivity index (χ1) is 17.4. The van der Waals surface area contributed by atoms with E-state index in [1.807, 2.05) is 0 Å². The Morgan fingerprint density at radius 2 is 1.50 bits per heavy atom. The molecule has 0 aromatic heterocycles. The summed E-state index contributed by atoms with van der Waals surface area (Å²) in [5.41, 5.74) is -6.82. The summed E-state index contributed by atoms with van der Waals surface area (Å²) in [4.78, 5) is 64.9. The van der Waals surface area contributed by atoms with Crippen LogP contribution in [0, 0.1) is 22.7 Å². The Morgan fingerprint density at radius 1 is 0.947 bits per heavy atom. The Balaban J connectivity index is 2.13. The number of fused-ring (bicyclic) bond motifs is 3. The highest BCUT2D eigenvalue weighted by atomic mass is 16.3. The molecule has 0 radical (unpaired) electrons. The predicted octanol–water partition coefficient (Wildman–Crippen LogP) is 3.75. The summed E-state index contributed by atoms with van der Waals surface area (Å²) in [7, 11) is 0. The van der Waals surface area contributed by atoms with Crippen molar-refractivity contribution in [3.8, 4) is 5.75 Å². The fraction of sp³-hybridized carbons (Fsp3) is 0.483. The molecular formula is C29H32O9. The van der Waals surface area contributed by atoms with Crippen molar-refractivity contribution in [3.05, 3.63) is 51.0 Å². The lowest BCUT2D eigenvalue weighted by molar-refractivity contribution is -0.171. The van der Waals surface area contributed by atoms with E-state index in [0.29, 0.717) is 0 Å². The summed E-state index contributed by atoms with van der Waals surface area (Å²) < 4.78 is 0. The van der Waals surface area contributed by atoms with Crippen molar-refractivity contribution in [3.63, 3.8) is 0 Å². The highest BCUT2D eigenvalue weighted by Gasteiger charge is 2.71. The van der Waals surface area contributed by atoms with Crippen molar-refractivity contribution in [2.75, 3.05) is 0 Å². The molecule has 1 unspecified atom stereocenters. The number of hydrogen-bond donors (Lipinski definition) is 4. The van der Waals surface area contributed by atoms with Crippen molar-refractivity contribution in [2.45, 2.75) is 66.9 Å². The number of carbonyl (C=O) groups is 5. The molecule has 1 aromatic carbocycles. The van der Waals surface area contributed by atoms with Crippen LogP contribution in [-0.2, 0) is 16.0 Å². The maximum Gasteiger partial charge on any atom is 0.209 e. The van der Waals surface area contributed by atoms with Gasteiger partial charge in [0.2, 0.25) is 5.78 Å². The van der Waals surface area contributed by atoms with Gasteiger partial charge in [-0.1, -0.05) is 27.7 Å². The zero-order valence-electron chi connectivity index (χ0n) is 22.5. The fourth-order valence-electron chi connectivity index (χ4n) is 7.38. The molecule has 0 aliphatic heterocycles. The molecule has 4 atom stereocenters. The second-order valence-electron chi connectivity index (χ2n) is 11.7. The van der Waals surface area contributed by atoms with E-state index in [1.54, 1.807) is 20.8 Å². The van der Waals surface area contributed by atoms with Gasteiger partial charge in [0, 0.05) is 27.9 Å². The normalized spacial score (nSPS) is 30.7. The zero-order chi connectivity index (χ0) is 28.9. The molecule has 38 heavy (non-hydrogen) atoms. The number of hydrogen-bond acceptors (Lipinski definition) is 9. The van der Waals surface area contributed by atoms with E-state index in [4.69, 9.17) is 0 Å². The molecule has 0 amide bonds. The van der Waals surface area contributed by atoms with E-state index < -0.39 is 80.0 Å². The Morgan fingerprint density at radius 3 is 1.97 bits per heavy atom. The van der Waals surface area contributed by atoms with E-state index in [2.05, 4.69) is 0 Å². The van der Waals surface area contributed by atoms with E-state index in [9.17, 15) is 44.4 Å². The maximum absolute atomic E-state index is 14.0. The second kappa shape index (κ2) is 8.20. The van der Waals surface area contributed by atoms with Gasteiger partial charge in [-0.15, -0.1) is 0 Å². The third-order valence-electron chi connectivity index (χ3n) is 8.77. The van der Waals surface area contributed by atoms with E-state index in [0.717, 1.165) is 6.92 Å². The van der Waals surface area contributed by atoms with Gasteiger partial charge in [-0.3, -0.25) is 24.0 Å². The number of phenolic OH excluding ortho intramolecular Hbond substituents is 1. The van der Waals surface area contributed by atoms with Gasteiger partial charge < -0.3 is 20.4 Å². The molecule has 9 nitrogen and oxygen atoms in total. The van der Waals surface area contributed by atoms with Crippen molar-refractivity contribution in [1.82, 2.24) is 0 Å². The minimum absolute atomic E-state index is 0.0388. The SMILES string of the molecule is CC(=O)C1=C(O)C(C(C)C)[C@@]2(C)C[C@@]3(C)Cc4c(C(C)=O)cc(C(C)=O)c(O)c4C(=O)C3=C(O)[C@@]2(O)C1=O. The van der Waals surface area contributed by atoms with Gasteiger partial charge in [0.25, 0.3) is 0 Å². The molecule has 9 heteroatoms. The number of phenols is 1. The van der Waals surface area contributed by atoms with Gasteiger partial charge in [0.05, 0.1) is 11.1 Å². The Labute approximate surface area is 219 Å². The van der Waals surface area contributed by atoms with Crippen molar-refractivity contribution < 1.29 is 44.4 Å².